The lowest BCUT2D eigenvalue weighted by atomic mass is 9.73. The van der Waals surface area contributed by atoms with E-state index in [2.05, 4.69) is 4.98 Å². The first-order valence-electron chi connectivity index (χ1n) is 10.3. The van der Waals surface area contributed by atoms with E-state index in [4.69, 9.17) is 21.1 Å². The summed E-state index contributed by atoms with van der Waals surface area (Å²) in [7, 11) is 0. The first-order chi connectivity index (χ1) is 14.2. The molecule has 0 aliphatic carbocycles. The Morgan fingerprint density at radius 3 is 2.59 bits per heavy atom. The van der Waals surface area contributed by atoms with Crippen LogP contribution in [0.5, 0.6) is 0 Å². The van der Waals surface area contributed by atoms with Gasteiger partial charge >= 0.3 is 0 Å². The first kappa shape index (κ1) is 20.3. The number of hydrogen-bond acceptors (Lipinski definition) is 4. The summed E-state index contributed by atoms with van der Waals surface area (Å²) >= 11 is 6.11. The van der Waals surface area contributed by atoms with Gasteiger partial charge in [-0.1, -0.05) is 29.8 Å². The number of rotatable bonds is 6. The van der Waals surface area contributed by atoms with Crippen LogP contribution in [-0.4, -0.2) is 48.3 Å². The third kappa shape index (κ3) is 4.63. The van der Waals surface area contributed by atoms with Gasteiger partial charge in [0.15, 0.2) is 0 Å². The van der Waals surface area contributed by atoms with Crippen molar-refractivity contribution in [1.82, 2.24) is 9.88 Å². The smallest absolute Gasteiger partial charge is 0.233 e. The molecule has 2 aliphatic heterocycles. The Kier molecular flexibility index (Phi) is 6.48. The molecule has 0 spiro atoms. The Labute approximate surface area is 177 Å². The van der Waals surface area contributed by atoms with Gasteiger partial charge in [-0.2, -0.15) is 0 Å². The maximum Gasteiger partial charge on any atom is 0.233 e. The van der Waals surface area contributed by atoms with E-state index in [1.54, 1.807) is 6.20 Å². The molecule has 0 N–H and O–H groups in total. The molecule has 0 bridgehead atoms. The van der Waals surface area contributed by atoms with E-state index in [1.165, 1.54) is 0 Å². The molecule has 2 saturated heterocycles. The van der Waals surface area contributed by atoms with Crippen LogP contribution in [0.4, 0.5) is 0 Å². The molecule has 3 heterocycles. The predicted octanol–water partition coefficient (Wildman–Crippen LogP) is 3.99. The number of benzene rings is 1. The number of carbonyl (C=O) groups excluding carboxylic acids is 1. The summed E-state index contributed by atoms with van der Waals surface area (Å²) in [6.07, 6.45) is 5.23. The highest BCUT2D eigenvalue weighted by atomic mass is 35.5. The molecule has 5 nitrogen and oxygen atoms in total. The quantitative estimate of drug-likeness (QED) is 0.717. The molecule has 1 aromatic carbocycles. The minimum atomic E-state index is -0.601. The molecule has 2 fully saturated rings. The summed E-state index contributed by atoms with van der Waals surface area (Å²) in [5, 5.41) is 0.674. The van der Waals surface area contributed by atoms with E-state index in [0.717, 1.165) is 30.7 Å². The minimum absolute atomic E-state index is 0.0878. The van der Waals surface area contributed by atoms with Crippen LogP contribution in [0.25, 0.3) is 0 Å². The predicted molar refractivity (Wildman–Crippen MR) is 112 cm³/mol. The van der Waals surface area contributed by atoms with Crippen LogP contribution >= 0.6 is 11.6 Å². The van der Waals surface area contributed by atoms with Crippen LogP contribution in [-0.2, 0) is 26.2 Å². The third-order valence-electron chi connectivity index (χ3n) is 5.97. The van der Waals surface area contributed by atoms with Gasteiger partial charge in [0.1, 0.15) is 0 Å². The van der Waals surface area contributed by atoms with Crippen LogP contribution in [0.3, 0.4) is 0 Å². The number of ether oxygens (including phenoxy) is 2. The number of hydrogen-bond donors (Lipinski definition) is 0. The molecule has 2 aromatic rings. The summed E-state index contributed by atoms with van der Waals surface area (Å²) in [5.74, 6) is 0.129. The number of aromatic nitrogens is 1. The zero-order valence-electron chi connectivity index (χ0n) is 16.6. The highest BCUT2D eigenvalue weighted by Crippen LogP contribution is 2.38. The van der Waals surface area contributed by atoms with E-state index < -0.39 is 5.41 Å². The fourth-order valence-corrected chi connectivity index (χ4v) is 4.48. The van der Waals surface area contributed by atoms with Crippen molar-refractivity contribution >= 4 is 17.5 Å². The molecule has 4 rings (SSSR count). The van der Waals surface area contributed by atoms with Gasteiger partial charge in [0.05, 0.1) is 23.8 Å². The molecule has 154 valence electrons. The fourth-order valence-electron chi connectivity index (χ4n) is 4.36. The molecule has 0 unspecified atom stereocenters. The van der Waals surface area contributed by atoms with Crippen molar-refractivity contribution in [2.24, 2.45) is 0 Å². The Hall–Kier alpha value is -1.95. The number of halogens is 1. The van der Waals surface area contributed by atoms with E-state index in [0.29, 0.717) is 44.2 Å². The number of nitrogens with zero attached hydrogens (tertiary/aromatic N) is 2. The Morgan fingerprint density at radius 1 is 1.14 bits per heavy atom. The molecule has 0 radical (unpaired) electrons. The molecule has 1 aromatic heterocycles. The molecule has 0 saturated carbocycles. The molecule has 1 amide bonds. The second-order valence-electron chi connectivity index (χ2n) is 7.84. The van der Waals surface area contributed by atoms with Gasteiger partial charge in [-0.15, -0.1) is 0 Å². The second-order valence-corrected chi connectivity index (χ2v) is 8.28. The SMILES string of the molecule is O=C(N(Cc1ccccn1)C[C@H]1CCCO1)C1(c2ccc(Cl)cc2)CCOCC1. The summed E-state index contributed by atoms with van der Waals surface area (Å²) in [6.45, 7) is 2.99. The van der Waals surface area contributed by atoms with Crippen molar-refractivity contribution in [1.29, 1.82) is 0 Å². The Morgan fingerprint density at radius 2 is 1.93 bits per heavy atom. The maximum absolute atomic E-state index is 14.1. The van der Waals surface area contributed by atoms with Crippen molar-refractivity contribution in [2.75, 3.05) is 26.4 Å². The van der Waals surface area contributed by atoms with Gasteiger partial charge in [0, 0.05) is 37.6 Å². The average molecular weight is 415 g/mol. The largest absolute Gasteiger partial charge is 0.381 e. The standard InChI is InChI=1S/C23H27ClN2O3/c24-19-8-6-18(7-9-19)23(10-14-28-15-11-23)22(27)26(17-21-5-3-13-29-21)16-20-4-1-2-12-25-20/h1-2,4,6-9,12,21H,3,5,10-11,13-17H2/t21-/m1/s1. The van der Waals surface area contributed by atoms with Gasteiger partial charge in [-0.25, -0.2) is 0 Å². The Bertz CT molecular complexity index is 801. The maximum atomic E-state index is 14.1. The summed E-state index contributed by atoms with van der Waals surface area (Å²) in [6, 6.07) is 13.5. The van der Waals surface area contributed by atoms with E-state index in [9.17, 15) is 4.79 Å². The van der Waals surface area contributed by atoms with Crippen molar-refractivity contribution in [3.8, 4) is 0 Å². The fraction of sp³-hybridized carbons (Fsp3) is 0.478. The molecule has 29 heavy (non-hydrogen) atoms. The van der Waals surface area contributed by atoms with Crippen LogP contribution in [0, 0.1) is 0 Å². The number of pyridine rings is 1. The third-order valence-corrected chi connectivity index (χ3v) is 6.22. The highest BCUT2D eigenvalue weighted by Gasteiger charge is 2.44. The number of amides is 1. The summed E-state index contributed by atoms with van der Waals surface area (Å²) < 4.78 is 11.5. The topological polar surface area (TPSA) is 51.7 Å². The van der Waals surface area contributed by atoms with Crippen LogP contribution in [0.1, 0.15) is 36.9 Å². The van der Waals surface area contributed by atoms with Crippen molar-refractivity contribution < 1.29 is 14.3 Å². The first-order valence-corrected chi connectivity index (χ1v) is 10.7. The highest BCUT2D eigenvalue weighted by molar-refractivity contribution is 6.30. The van der Waals surface area contributed by atoms with E-state index in [1.807, 2.05) is 47.4 Å². The van der Waals surface area contributed by atoms with Crippen molar-refractivity contribution in [2.45, 2.75) is 43.7 Å². The summed E-state index contributed by atoms with van der Waals surface area (Å²) in [5.41, 5.74) is 1.29. The van der Waals surface area contributed by atoms with Gasteiger partial charge in [-0.3, -0.25) is 9.78 Å². The van der Waals surface area contributed by atoms with Gasteiger partial charge in [0.2, 0.25) is 5.91 Å². The normalized spacial score (nSPS) is 21.1. The van der Waals surface area contributed by atoms with Gasteiger partial charge < -0.3 is 14.4 Å². The van der Waals surface area contributed by atoms with Crippen LogP contribution in [0.2, 0.25) is 5.02 Å². The minimum Gasteiger partial charge on any atom is -0.381 e. The lowest BCUT2D eigenvalue weighted by Gasteiger charge is -2.40. The monoisotopic (exact) mass is 414 g/mol. The summed E-state index contributed by atoms with van der Waals surface area (Å²) in [4.78, 5) is 20.4. The lowest BCUT2D eigenvalue weighted by Crippen LogP contribution is -2.51. The molecule has 6 heteroatoms. The Balaban J connectivity index is 1.65. The zero-order valence-corrected chi connectivity index (χ0v) is 17.3. The van der Waals surface area contributed by atoms with Gasteiger partial charge in [-0.05, 0) is 55.5 Å². The number of carbonyl (C=O) groups is 1. The molecule has 1 atom stereocenters. The molecular formula is C23H27ClN2O3. The molecular weight excluding hydrogens is 388 g/mol. The zero-order chi connectivity index (χ0) is 20.1. The second kappa shape index (κ2) is 9.24. The van der Waals surface area contributed by atoms with Gasteiger partial charge in [0.25, 0.3) is 0 Å². The van der Waals surface area contributed by atoms with E-state index >= 15 is 0 Å². The average Bonchev–Trinajstić information content (AvgIpc) is 3.28. The van der Waals surface area contributed by atoms with Crippen LogP contribution in [0.15, 0.2) is 48.7 Å². The van der Waals surface area contributed by atoms with E-state index in [-0.39, 0.29) is 12.0 Å². The lowest BCUT2D eigenvalue weighted by molar-refractivity contribution is -0.143. The van der Waals surface area contributed by atoms with Crippen molar-refractivity contribution in [3.05, 3.63) is 64.9 Å². The molecule has 2 aliphatic rings. The van der Waals surface area contributed by atoms with Crippen molar-refractivity contribution in [3.63, 3.8) is 0 Å². The van der Waals surface area contributed by atoms with Crippen LogP contribution < -0.4 is 0 Å².